The second-order valence-corrected chi connectivity index (χ2v) is 7.76. The maximum atomic E-state index is 4.57. The van der Waals surface area contributed by atoms with Crippen LogP contribution in [0.3, 0.4) is 0 Å². The normalized spacial score (nSPS) is 41.5. The molecule has 4 aliphatic carbocycles. The maximum absolute atomic E-state index is 4.57. The Hall–Kier alpha value is -0.410. The zero-order valence-electron chi connectivity index (χ0n) is 11.1. The summed E-state index contributed by atoms with van der Waals surface area (Å²) in [4.78, 5) is 4.57. The van der Waals surface area contributed by atoms with Gasteiger partial charge in [-0.3, -0.25) is 0 Å². The summed E-state index contributed by atoms with van der Waals surface area (Å²) in [5.74, 6) is 4.10. The first-order chi connectivity index (χ1) is 8.78. The van der Waals surface area contributed by atoms with Crippen LogP contribution in [0.2, 0.25) is 0 Å². The number of aromatic nitrogens is 1. The number of thiazole rings is 1. The minimum absolute atomic E-state index is 0.791. The van der Waals surface area contributed by atoms with Crippen molar-refractivity contribution in [3.8, 4) is 0 Å². The predicted octanol–water partition coefficient (Wildman–Crippen LogP) is 3.37. The third kappa shape index (κ3) is 1.92. The molecule has 0 aliphatic heterocycles. The molecule has 0 aromatic carbocycles. The summed E-state index contributed by atoms with van der Waals surface area (Å²) in [5.41, 5.74) is 1.24. The van der Waals surface area contributed by atoms with Gasteiger partial charge in [0, 0.05) is 18.0 Å². The molecule has 5 rings (SSSR count). The second-order valence-electron chi connectivity index (χ2n) is 6.70. The van der Waals surface area contributed by atoms with Crippen molar-refractivity contribution in [3.05, 3.63) is 16.1 Å². The van der Waals surface area contributed by atoms with Gasteiger partial charge in [-0.1, -0.05) is 0 Å². The van der Waals surface area contributed by atoms with Crippen molar-refractivity contribution in [2.45, 2.75) is 51.6 Å². The van der Waals surface area contributed by atoms with E-state index in [1.165, 1.54) is 36.4 Å². The highest BCUT2D eigenvalue weighted by molar-refractivity contribution is 7.09. The van der Waals surface area contributed by atoms with Gasteiger partial charge in [0.15, 0.2) is 0 Å². The Morgan fingerprint density at radius 1 is 1.17 bits per heavy atom. The van der Waals surface area contributed by atoms with Gasteiger partial charge in [-0.15, -0.1) is 11.3 Å². The van der Waals surface area contributed by atoms with E-state index >= 15 is 0 Å². The molecule has 2 nitrogen and oxygen atoms in total. The van der Waals surface area contributed by atoms with Crippen molar-refractivity contribution in [1.29, 1.82) is 0 Å². The predicted molar refractivity (Wildman–Crippen MR) is 74.5 cm³/mol. The van der Waals surface area contributed by atoms with Gasteiger partial charge < -0.3 is 5.32 Å². The van der Waals surface area contributed by atoms with Crippen molar-refractivity contribution in [3.63, 3.8) is 0 Å². The molecule has 98 valence electrons. The van der Waals surface area contributed by atoms with Crippen molar-refractivity contribution < 1.29 is 0 Å². The van der Waals surface area contributed by atoms with Crippen LogP contribution in [0.5, 0.6) is 0 Å². The fraction of sp³-hybridized carbons (Fsp3) is 0.800. The third-order valence-corrected chi connectivity index (χ3v) is 6.23. The van der Waals surface area contributed by atoms with E-state index in [1.54, 1.807) is 17.8 Å². The number of rotatable bonds is 3. The minimum atomic E-state index is 0.791. The average Bonchev–Trinajstić information content (AvgIpc) is 2.73. The van der Waals surface area contributed by atoms with E-state index in [4.69, 9.17) is 0 Å². The quantitative estimate of drug-likeness (QED) is 0.903. The number of nitrogens with zero attached hydrogens (tertiary/aromatic N) is 1. The Balaban J connectivity index is 1.43. The fourth-order valence-electron chi connectivity index (χ4n) is 4.97. The molecule has 0 unspecified atom stereocenters. The smallest absolute Gasteiger partial charge is 0.0897 e. The van der Waals surface area contributed by atoms with E-state index in [0.29, 0.717) is 0 Å². The standard InChI is InChI=1S/C15H22N2S/c1-9-17-14(8-18-9)7-16-15-12-3-10-2-11(5-12)6-13(15)4-10/h8,10-13,15-16H,2-7H2,1H3. The summed E-state index contributed by atoms with van der Waals surface area (Å²) in [5, 5.41) is 7.24. The fourth-order valence-corrected chi connectivity index (χ4v) is 5.58. The van der Waals surface area contributed by atoms with E-state index in [1.807, 2.05) is 0 Å². The van der Waals surface area contributed by atoms with Gasteiger partial charge in [-0.2, -0.15) is 0 Å². The molecular weight excluding hydrogens is 240 g/mol. The molecule has 0 amide bonds. The van der Waals surface area contributed by atoms with Gasteiger partial charge in [-0.25, -0.2) is 4.98 Å². The lowest BCUT2D eigenvalue weighted by Crippen LogP contribution is -2.54. The number of hydrogen-bond donors (Lipinski definition) is 1. The monoisotopic (exact) mass is 262 g/mol. The van der Waals surface area contributed by atoms with Gasteiger partial charge in [0.1, 0.15) is 0 Å². The first kappa shape index (κ1) is 11.4. The lowest BCUT2D eigenvalue weighted by molar-refractivity contribution is -0.0143. The first-order valence-electron chi connectivity index (χ1n) is 7.42. The summed E-state index contributed by atoms with van der Waals surface area (Å²) in [6, 6.07) is 0.791. The molecule has 1 heterocycles. The topological polar surface area (TPSA) is 24.9 Å². The first-order valence-corrected chi connectivity index (χ1v) is 8.30. The molecule has 1 aromatic heterocycles. The zero-order valence-corrected chi connectivity index (χ0v) is 11.9. The van der Waals surface area contributed by atoms with Crippen LogP contribution in [-0.2, 0) is 6.54 Å². The molecule has 4 bridgehead atoms. The molecule has 1 aromatic rings. The van der Waals surface area contributed by atoms with E-state index < -0.39 is 0 Å². The number of aryl methyl sites for hydroxylation is 1. The van der Waals surface area contributed by atoms with Crippen molar-refractivity contribution in [2.75, 3.05) is 0 Å². The number of nitrogens with one attached hydrogen (secondary N) is 1. The molecule has 3 heteroatoms. The van der Waals surface area contributed by atoms with E-state index in [0.717, 1.165) is 36.3 Å². The summed E-state index contributed by atoms with van der Waals surface area (Å²) >= 11 is 1.77. The zero-order chi connectivity index (χ0) is 12.1. The van der Waals surface area contributed by atoms with Gasteiger partial charge in [-0.05, 0) is 62.7 Å². The molecule has 1 N–H and O–H groups in total. The van der Waals surface area contributed by atoms with Crippen LogP contribution in [0.1, 0.15) is 42.8 Å². The van der Waals surface area contributed by atoms with E-state index in [2.05, 4.69) is 22.6 Å². The van der Waals surface area contributed by atoms with Crippen molar-refractivity contribution >= 4 is 11.3 Å². The summed E-state index contributed by atoms with van der Waals surface area (Å²) in [7, 11) is 0. The highest BCUT2D eigenvalue weighted by atomic mass is 32.1. The van der Waals surface area contributed by atoms with Crippen molar-refractivity contribution in [1.82, 2.24) is 10.3 Å². The minimum Gasteiger partial charge on any atom is -0.308 e. The van der Waals surface area contributed by atoms with Crippen LogP contribution in [0.25, 0.3) is 0 Å². The maximum Gasteiger partial charge on any atom is 0.0897 e. The molecule has 0 radical (unpaired) electrons. The summed E-state index contributed by atoms with van der Waals surface area (Å²) in [6.45, 7) is 3.08. The molecule has 0 saturated heterocycles. The molecule has 0 spiro atoms. The van der Waals surface area contributed by atoms with E-state index in [-0.39, 0.29) is 0 Å². The molecular formula is C15H22N2S. The van der Waals surface area contributed by atoms with Crippen LogP contribution in [-0.4, -0.2) is 11.0 Å². The van der Waals surface area contributed by atoms with Gasteiger partial charge in [0.05, 0.1) is 10.7 Å². The number of hydrogen-bond acceptors (Lipinski definition) is 3. The largest absolute Gasteiger partial charge is 0.308 e. The second kappa shape index (κ2) is 4.31. The SMILES string of the molecule is Cc1nc(CNC2C3CC4CC(C3)CC2C4)cs1. The molecule has 4 saturated carbocycles. The Morgan fingerprint density at radius 2 is 1.83 bits per heavy atom. The third-order valence-electron chi connectivity index (χ3n) is 5.41. The Bertz CT molecular complexity index is 411. The van der Waals surface area contributed by atoms with Crippen LogP contribution in [0.4, 0.5) is 0 Å². The van der Waals surface area contributed by atoms with Crippen molar-refractivity contribution in [2.24, 2.45) is 23.7 Å². The van der Waals surface area contributed by atoms with Crippen LogP contribution < -0.4 is 5.32 Å². The molecule has 4 fully saturated rings. The van der Waals surface area contributed by atoms with E-state index in [9.17, 15) is 0 Å². The Kier molecular flexibility index (Phi) is 2.73. The molecule has 18 heavy (non-hydrogen) atoms. The highest BCUT2D eigenvalue weighted by Crippen LogP contribution is 2.53. The van der Waals surface area contributed by atoms with Crippen LogP contribution >= 0.6 is 11.3 Å². The molecule has 0 atom stereocenters. The van der Waals surface area contributed by atoms with Gasteiger partial charge in [0.25, 0.3) is 0 Å². The lowest BCUT2D eigenvalue weighted by atomic mass is 9.54. The lowest BCUT2D eigenvalue weighted by Gasteiger charge is -2.54. The summed E-state index contributed by atoms with van der Waals surface area (Å²) < 4.78 is 0. The summed E-state index contributed by atoms with van der Waals surface area (Å²) in [6.07, 6.45) is 7.55. The van der Waals surface area contributed by atoms with Crippen LogP contribution in [0, 0.1) is 30.6 Å². The Morgan fingerprint density at radius 3 is 2.39 bits per heavy atom. The Labute approximate surface area is 113 Å². The molecule has 4 aliphatic rings. The van der Waals surface area contributed by atoms with Crippen LogP contribution in [0.15, 0.2) is 5.38 Å². The van der Waals surface area contributed by atoms with Gasteiger partial charge >= 0.3 is 0 Å². The average molecular weight is 262 g/mol. The highest BCUT2D eigenvalue weighted by Gasteiger charge is 2.47. The van der Waals surface area contributed by atoms with Gasteiger partial charge in [0.2, 0.25) is 0 Å².